The van der Waals surface area contributed by atoms with Crippen molar-refractivity contribution in [3.8, 4) is 0 Å². The Balaban J connectivity index is 1.36. The maximum atomic E-state index is 13.9. The minimum absolute atomic E-state index is 0.0121. The average Bonchev–Trinajstić information content (AvgIpc) is 3.86. The van der Waals surface area contributed by atoms with E-state index in [4.69, 9.17) is 0 Å². The van der Waals surface area contributed by atoms with Crippen LogP contribution in [-0.2, 0) is 45.5 Å². The number of hydrogen-bond acceptors (Lipinski definition) is 4. The monoisotopic (exact) mass is 613 g/mol. The summed E-state index contributed by atoms with van der Waals surface area (Å²) in [4.78, 5) is 29.4. The SMILES string of the molecule is O=C(NCc1ccccc1)[C@@H](Cc1ccccc1)N(Cc1ccc(F)cc1)C(=O)CCc1ccc(S(=O)(=O)NC2CC2)cc1. The molecule has 0 aliphatic heterocycles. The lowest BCUT2D eigenvalue weighted by molar-refractivity contribution is -0.141. The molecule has 5 rings (SSSR count). The van der Waals surface area contributed by atoms with E-state index < -0.39 is 16.1 Å². The molecule has 1 aliphatic carbocycles. The Hall–Kier alpha value is -4.34. The van der Waals surface area contributed by atoms with Crippen molar-refractivity contribution >= 4 is 21.8 Å². The Morgan fingerprint density at radius 2 is 1.36 bits per heavy atom. The molecule has 1 fully saturated rings. The number of benzene rings is 4. The number of aryl methyl sites for hydroxylation is 1. The summed E-state index contributed by atoms with van der Waals surface area (Å²) in [6, 6.07) is 30.7. The minimum atomic E-state index is -3.57. The average molecular weight is 614 g/mol. The highest BCUT2D eigenvalue weighted by Gasteiger charge is 2.31. The topological polar surface area (TPSA) is 95.6 Å². The highest BCUT2D eigenvalue weighted by Crippen LogP contribution is 2.23. The summed E-state index contributed by atoms with van der Waals surface area (Å²) in [5, 5.41) is 3.01. The maximum absolute atomic E-state index is 13.9. The van der Waals surface area contributed by atoms with Crippen molar-refractivity contribution in [2.24, 2.45) is 0 Å². The molecule has 0 bridgehead atoms. The van der Waals surface area contributed by atoms with Crippen LogP contribution in [0.3, 0.4) is 0 Å². The van der Waals surface area contributed by atoms with Gasteiger partial charge < -0.3 is 10.2 Å². The second-order valence-corrected chi connectivity index (χ2v) is 12.8. The summed E-state index contributed by atoms with van der Waals surface area (Å²) in [7, 11) is -3.57. The molecule has 1 atom stereocenters. The molecule has 2 N–H and O–H groups in total. The zero-order chi connectivity index (χ0) is 30.9. The van der Waals surface area contributed by atoms with Gasteiger partial charge in [-0.05, 0) is 65.8 Å². The second kappa shape index (κ2) is 14.4. The first-order valence-electron chi connectivity index (χ1n) is 14.8. The second-order valence-electron chi connectivity index (χ2n) is 11.1. The zero-order valence-corrected chi connectivity index (χ0v) is 25.2. The fourth-order valence-corrected chi connectivity index (χ4v) is 6.27. The van der Waals surface area contributed by atoms with Gasteiger partial charge in [0.1, 0.15) is 11.9 Å². The van der Waals surface area contributed by atoms with Crippen molar-refractivity contribution in [1.82, 2.24) is 14.9 Å². The molecule has 7 nitrogen and oxygen atoms in total. The number of nitrogens with one attached hydrogen (secondary N) is 2. The van der Waals surface area contributed by atoms with Gasteiger partial charge in [-0.25, -0.2) is 17.5 Å². The number of carbonyl (C=O) groups is 2. The molecule has 9 heteroatoms. The van der Waals surface area contributed by atoms with Crippen LogP contribution in [0.5, 0.6) is 0 Å². The molecule has 1 aliphatic rings. The Bertz CT molecular complexity index is 1640. The highest BCUT2D eigenvalue weighted by molar-refractivity contribution is 7.89. The molecule has 0 heterocycles. The van der Waals surface area contributed by atoms with Crippen molar-refractivity contribution in [2.75, 3.05) is 0 Å². The van der Waals surface area contributed by atoms with Crippen LogP contribution in [0.25, 0.3) is 0 Å². The summed E-state index contributed by atoms with van der Waals surface area (Å²) in [5.41, 5.74) is 3.35. The van der Waals surface area contributed by atoms with Gasteiger partial charge >= 0.3 is 0 Å². The van der Waals surface area contributed by atoms with E-state index in [9.17, 15) is 22.4 Å². The minimum Gasteiger partial charge on any atom is -0.350 e. The molecule has 0 spiro atoms. The maximum Gasteiger partial charge on any atom is 0.243 e. The van der Waals surface area contributed by atoms with E-state index in [2.05, 4.69) is 10.0 Å². The number of carbonyl (C=O) groups excluding carboxylic acids is 2. The van der Waals surface area contributed by atoms with Gasteiger partial charge in [0, 0.05) is 32.0 Å². The Labute approximate surface area is 258 Å². The number of amides is 2. The van der Waals surface area contributed by atoms with Gasteiger partial charge in [0.15, 0.2) is 0 Å². The summed E-state index contributed by atoms with van der Waals surface area (Å²) in [6.07, 6.45) is 2.46. The first-order chi connectivity index (χ1) is 21.3. The van der Waals surface area contributed by atoms with Gasteiger partial charge in [0.05, 0.1) is 4.90 Å². The van der Waals surface area contributed by atoms with Crippen LogP contribution >= 0.6 is 0 Å². The fourth-order valence-electron chi connectivity index (χ4n) is 4.96. The van der Waals surface area contributed by atoms with Crippen LogP contribution in [0.2, 0.25) is 0 Å². The van der Waals surface area contributed by atoms with E-state index in [0.29, 0.717) is 24.9 Å². The van der Waals surface area contributed by atoms with Crippen molar-refractivity contribution in [2.45, 2.75) is 62.2 Å². The van der Waals surface area contributed by atoms with E-state index in [1.807, 2.05) is 60.7 Å². The first-order valence-corrected chi connectivity index (χ1v) is 16.3. The van der Waals surface area contributed by atoms with E-state index in [-0.39, 0.29) is 41.5 Å². The third-order valence-electron chi connectivity index (χ3n) is 7.61. The van der Waals surface area contributed by atoms with Crippen LogP contribution in [0.15, 0.2) is 114 Å². The third kappa shape index (κ3) is 8.84. The normalized spacial score (nSPS) is 13.7. The van der Waals surface area contributed by atoms with Crippen molar-refractivity contribution in [1.29, 1.82) is 0 Å². The van der Waals surface area contributed by atoms with Gasteiger partial charge in [0.2, 0.25) is 21.8 Å². The van der Waals surface area contributed by atoms with Gasteiger partial charge in [-0.3, -0.25) is 9.59 Å². The molecular weight excluding hydrogens is 577 g/mol. The predicted molar refractivity (Wildman–Crippen MR) is 167 cm³/mol. The van der Waals surface area contributed by atoms with Crippen molar-refractivity contribution in [3.05, 3.63) is 137 Å². The molecular formula is C35H36FN3O4S. The van der Waals surface area contributed by atoms with Gasteiger partial charge in [0.25, 0.3) is 0 Å². The van der Waals surface area contributed by atoms with Crippen LogP contribution in [-0.4, -0.2) is 37.2 Å². The Kier molecular flexibility index (Phi) is 10.2. The predicted octanol–water partition coefficient (Wildman–Crippen LogP) is 5.16. The van der Waals surface area contributed by atoms with Crippen LogP contribution in [0.1, 0.15) is 41.5 Å². The Morgan fingerprint density at radius 3 is 1.98 bits per heavy atom. The van der Waals surface area contributed by atoms with Crippen molar-refractivity contribution in [3.63, 3.8) is 0 Å². The number of rotatable bonds is 14. The molecule has 2 amide bonds. The first kappa shape index (κ1) is 31.1. The summed E-state index contributed by atoms with van der Waals surface area (Å²) < 4.78 is 41.5. The number of halogens is 1. The molecule has 0 unspecified atom stereocenters. The lowest BCUT2D eigenvalue weighted by Gasteiger charge is -2.32. The molecule has 1 saturated carbocycles. The molecule has 4 aromatic carbocycles. The summed E-state index contributed by atoms with van der Waals surface area (Å²) in [5.74, 6) is -0.908. The zero-order valence-electron chi connectivity index (χ0n) is 24.4. The van der Waals surface area contributed by atoms with E-state index >= 15 is 0 Å². The smallest absolute Gasteiger partial charge is 0.243 e. The van der Waals surface area contributed by atoms with E-state index in [1.165, 1.54) is 12.1 Å². The number of hydrogen-bond donors (Lipinski definition) is 2. The lowest BCUT2D eigenvalue weighted by Crippen LogP contribution is -2.50. The van der Waals surface area contributed by atoms with Crippen molar-refractivity contribution < 1.29 is 22.4 Å². The van der Waals surface area contributed by atoms with E-state index in [0.717, 1.165) is 29.5 Å². The largest absolute Gasteiger partial charge is 0.350 e. The third-order valence-corrected chi connectivity index (χ3v) is 9.14. The number of sulfonamides is 1. The fraction of sp³-hybridized carbons (Fsp3) is 0.257. The van der Waals surface area contributed by atoms with Gasteiger partial charge in [-0.2, -0.15) is 0 Å². The van der Waals surface area contributed by atoms with E-state index in [1.54, 1.807) is 41.3 Å². The standard InChI is InChI=1S/C35H36FN3O4S/c36-30-16-11-29(12-17-30)25-39(34(40)22-15-26-13-20-32(21-14-26)44(42,43)38-31-18-19-31)33(23-27-7-3-1-4-8-27)35(41)37-24-28-9-5-2-6-10-28/h1-14,16-17,20-21,31,33,38H,15,18-19,22-25H2,(H,37,41)/t33-/m1/s1. The van der Waals surface area contributed by atoms with Crippen LogP contribution < -0.4 is 10.0 Å². The lowest BCUT2D eigenvalue weighted by atomic mass is 10.0. The molecule has 4 aromatic rings. The molecule has 0 saturated heterocycles. The summed E-state index contributed by atoms with van der Waals surface area (Å²) >= 11 is 0. The highest BCUT2D eigenvalue weighted by atomic mass is 32.2. The Morgan fingerprint density at radius 1 is 0.773 bits per heavy atom. The molecule has 0 aromatic heterocycles. The molecule has 0 radical (unpaired) electrons. The molecule has 44 heavy (non-hydrogen) atoms. The molecule has 228 valence electrons. The van der Waals surface area contributed by atoms with Gasteiger partial charge in [-0.1, -0.05) is 84.9 Å². The van der Waals surface area contributed by atoms with Crippen LogP contribution in [0.4, 0.5) is 4.39 Å². The quantitative estimate of drug-likeness (QED) is 0.206. The summed E-state index contributed by atoms with van der Waals surface area (Å²) in [6.45, 7) is 0.438. The number of nitrogens with zero attached hydrogens (tertiary/aromatic N) is 1. The van der Waals surface area contributed by atoms with Gasteiger partial charge in [-0.15, -0.1) is 0 Å². The van der Waals surface area contributed by atoms with Crippen LogP contribution in [0, 0.1) is 5.82 Å².